The molecule has 26 heavy (non-hydrogen) atoms. The Labute approximate surface area is 156 Å². The van der Waals surface area contributed by atoms with E-state index in [9.17, 15) is 0 Å². The van der Waals surface area contributed by atoms with Crippen molar-refractivity contribution in [3.05, 3.63) is 30.2 Å². The van der Waals surface area contributed by atoms with Crippen molar-refractivity contribution in [2.45, 2.75) is 64.8 Å². The summed E-state index contributed by atoms with van der Waals surface area (Å²) in [5.41, 5.74) is 3.22. The van der Waals surface area contributed by atoms with Crippen molar-refractivity contribution >= 4 is 23.0 Å². The van der Waals surface area contributed by atoms with E-state index in [0.717, 1.165) is 29.9 Å². The van der Waals surface area contributed by atoms with Crippen molar-refractivity contribution in [1.82, 2.24) is 19.7 Å². The minimum atomic E-state index is 0.502. The predicted octanol–water partition coefficient (Wildman–Crippen LogP) is 4.90. The second-order valence-corrected chi connectivity index (χ2v) is 7.14. The summed E-state index contributed by atoms with van der Waals surface area (Å²) in [5, 5.41) is 11.1. The molecule has 0 bridgehead atoms. The topological polar surface area (TPSA) is 67.7 Å². The van der Waals surface area contributed by atoms with Crippen LogP contribution in [0.2, 0.25) is 0 Å². The van der Waals surface area contributed by atoms with E-state index in [1.165, 1.54) is 37.7 Å². The maximum Gasteiger partial charge on any atom is 0.229 e. The van der Waals surface area contributed by atoms with Gasteiger partial charge >= 0.3 is 0 Å². The molecule has 3 rings (SSSR count). The number of nitrogens with one attached hydrogen (secondary N) is 2. The lowest BCUT2D eigenvalue weighted by Gasteiger charge is -2.24. The van der Waals surface area contributed by atoms with Crippen LogP contribution in [0.25, 0.3) is 5.57 Å². The molecular formula is C20H30N6. The molecule has 0 aromatic carbocycles. The molecule has 0 unspecified atom stereocenters. The lowest BCUT2D eigenvalue weighted by molar-refractivity contribution is 0.462. The Morgan fingerprint density at radius 1 is 1.27 bits per heavy atom. The summed E-state index contributed by atoms with van der Waals surface area (Å²) in [4.78, 5) is 9.32. The van der Waals surface area contributed by atoms with E-state index in [1.807, 2.05) is 19.4 Å². The molecule has 1 fully saturated rings. The van der Waals surface area contributed by atoms with Crippen LogP contribution in [0.1, 0.15) is 64.4 Å². The van der Waals surface area contributed by atoms with Gasteiger partial charge in [-0.1, -0.05) is 38.7 Å². The molecule has 0 radical (unpaired) electrons. The van der Waals surface area contributed by atoms with E-state index >= 15 is 0 Å². The highest BCUT2D eigenvalue weighted by Gasteiger charge is 2.17. The average molecular weight is 355 g/mol. The zero-order chi connectivity index (χ0) is 18.4. The zero-order valence-corrected chi connectivity index (χ0v) is 16.1. The quantitative estimate of drug-likeness (QED) is 0.740. The monoisotopic (exact) mass is 354 g/mol. The molecular weight excluding hydrogens is 324 g/mol. The third kappa shape index (κ3) is 4.84. The van der Waals surface area contributed by atoms with Gasteiger partial charge in [-0.25, -0.2) is 4.98 Å². The van der Waals surface area contributed by atoms with E-state index in [0.29, 0.717) is 12.0 Å². The number of allylic oxidation sites excluding steroid dienone is 2. The fourth-order valence-electron chi connectivity index (χ4n) is 3.37. The molecule has 2 aromatic rings. The smallest absolute Gasteiger partial charge is 0.229 e. The number of hydrogen-bond acceptors (Lipinski definition) is 5. The van der Waals surface area contributed by atoms with Crippen molar-refractivity contribution in [2.75, 3.05) is 10.6 Å². The first kappa shape index (κ1) is 18.4. The highest BCUT2D eigenvalue weighted by Crippen LogP contribution is 2.27. The van der Waals surface area contributed by atoms with Crippen molar-refractivity contribution in [1.29, 1.82) is 0 Å². The number of aromatic nitrogens is 4. The van der Waals surface area contributed by atoms with Gasteiger partial charge in [0.2, 0.25) is 5.95 Å². The van der Waals surface area contributed by atoms with Crippen LogP contribution in [0.5, 0.6) is 0 Å². The van der Waals surface area contributed by atoms with Gasteiger partial charge in [0, 0.05) is 31.0 Å². The first-order valence-electron chi connectivity index (χ1n) is 9.72. The first-order valence-corrected chi connectivity index (χ1v) is 9.72. The van der Waals surface area contributed by atoms with E-state index in [4.69, 9.17) is 4.98 Å². The number of hydrogen-bond donors (Lipinski definition) is 2. The Bertz CT molecular complexity index is 743. The molecule has 6 heteroatoms. The van der Waals surface area contributed by atoms with Crippen molar-refractivity contribution in [3.63, 3.8) is 0 Å². The lowest BCUT2D eigenvalue weighted by atomic mass is 9.95. The molecule has 0 amide bonds. The first-order chi connectivity index (χ1) is 12.7. The molecule has 2 heterocycles. The summed E-state index contributed by atoms with van der Waals surface area (Å²) in [5.74, 6) is 1.53. The largest absolute Gasteiger partial charge is 0.367 e. The molecule has 0 atom stereocenters. The standard InChI is InChI=1S/C20H30N6/c1-4-5-9-15(2)18-13-21-20(24-17-12-22-26(3)14-17)25-19(18)23-16-10-7-6-8-11-16/h9,12-14,16H,4-8,10-11H2,1-3H3,(H2,21,23,24,25)/b15-9-. The van der Waals surface area contributed by atoms with Gasteiger partial charge in [-0.3, -0.25) is 4.68 Å². The molecule has 140 valence electrons. The van der Waals surface area contributed by atoms with Crippen LogP contribution in [0, 0.1) is 0 Å². The normalized spacial score (nSPS) is 15.9. The SMILES string of the molecule is CCC/C=C(/C)c1cnc(Nc2cnn(C)c2)nc1NC1CCCCC1. The number of aryl methyl sites for hydroxylation is 1. The molecule has 6 nitrogen and oxygen atoms in total. The molecule has 1 aliphatic carbocycles. The minimum absolute atomic E-state index is 0.502. The number of unbranched alkanes of at least 4 members (excludes halogenated alkanes) is 1. The number of rotatable bonds is 7. The van der Waals surface area contributed by atoms with Crippen LogP contribution in [0.3, 0.4) is 0 Å². The Balaban J connectivity index is 1.85. The maximum atomic E-state index is 4.79. The van der Waals surface area contributed by atoms with Crippen LogP contribution in [0.4, 0.5) is 17.5 Å². The summed E-state index contributed by atoms with van der Waals surface area (Å²) in [7, 11) is 1.90. The van der Waals surface area contributed by atoms with Crippen LogP contribution in [0.15, 0.2) is 24.7 Å². The van der Waals surface area contributed by atoms with Crippen molar-refractivity contribution in [2.24, 2.45) is 7.05 Å². The third-order valence-corrected chi connectivity index (χ3v) is 4.86. The Morgan fingerprint density at radius 2 is 2.08 bits per heavy atom. The molecule has 2 N–H and O–H groups in total. The minimum Gasteiger partial charge on any atom is -0.367 e. The van der Waals surface area contributed by atoms with Crippen LogP contribution in [-0.2, 0) is 7.05 Å². The highest BCUT2D eigenvalue weighted by molar-refractivity contribution is 5.73. The zero-order valence-electron chi connectivity index (χ0n) is 16.1. The van der Waals surface area contributed by atoms with Crippen molar-refractivity contribution < 1.29 is 0 Å². The van der Waals surface area contributed by atoms with E-state index in [1.54, 1.807) is 10.9 Å². The molecule has 0 saturated heterocycles. The second kappa shape index (κ2) is 8.83. The van der Waals surface area contributed by atoms with Gasteiger partial charge in [0.15, 0.2) is 0 Å². The van der Waals surface area contributed by atoms with Gasteiger partial charge in [-0.2, -0.15) is 10.1 Å². The maximum absolute atomic E-state index is 4.79. The summed E-state index contributed by atoms with van der Waals surface area (Å²) in [6.07, 6.45) is 16.5. The molecule has 1 saturated carbocycles. The summed E-state index contributed by atoms with van der Waals surface area (Å²) in [6.45, 7) is 4.34. The Kier molecular flexibility index (Phi) is 6.26. The number of nitrogens with zero attached hydrogens (tertiary/aromatic N) is 4. The number of anilines is 3. The van der Waals surface area contributed by atoms with Gasteiger partial charge in [0.25, 0.3) is 0 Å². The van der Waals surface area contributed by atoms with Crippen LogP contribution in [-0.4, -0.2) is 25.8 Å². The summed E-state index contributed by atoms with van der Waals surface area (Å²) < 4.78 is 1.76. The van der Waals surface area contributed by atoms with Crippen LogP contribution >= 0.6 is 0 Å². The highest BCUT2D eigenvalue weighted by atomic mass is 15.3. The summed E-state index contributed by atoms with van der Waals surface area (Å²) >= 11 is 0. The second-order valence-electron chi connectivity index (χ2n) is 7.14. The average Bonchev–Trinajstić information content (AvgIpc) is 3.05. The van der Waals surface area contributed by atoms with E-state index < -0.39 is 0 Å². The lowest BCUT2D eigenvalue weighted by Crippen LogP contribution is -2.23. The van der Waals surface area contributed by atoms with Crippen molar-refractivity contribution in [3.8, 4) is 0 Å². The van der Waals surface area contributed by atoms with Gasteiger partial charge in [0.05, 0.1) is 11.9 Å². The van der Waals surface area contributed by atoms with Gasteiger partial charge in [-0.05, 0) is 31.8 Å². The fraction of sp³-hybridized carbons (Fsp3) is 0.550. The molecule has 1 aliphatic rings. The Hall–Kier alpha value is -2.37. The van der Waals surface area contributed by atoms with Gasteiger partial charge in [0.1, 0.15) is 5.82 Å². The van der Waals surface area contributed by atoms with Crippen LogP contribution < -0.4 is 10.6 Å². The van der Waals surface area contributed by atoms with Gasteiger partial charge in [-0.15, -0.1) is 0 Å². The Morgan fingerprint density at radius 3 is 2.77 bits per heavy atom. The van der Waals surface area contributed by atoms with Gasteiger partial charge < -0.3 is 10.6 Å². The fourth-order valence-corrected chi connectivity index (χ4v) is 3.37. The third-order valence-electron chi connectivity index (χ3n) is 4.86. The molecule has 0 aliphatic heterocycles. The van der Waals surface area contributed by atoms with E-state index in [-0.39, 0.29) is 0 Å². The van der Waals surface area contributed by atoms with E-state index in [2.05, 4.69) is 40.6 Å². The molecule has 2 aromatic heterocycles. The predicted molar refractivity (Wildman–Crippen MR) is 108 cm³/mol. The summed E-state index contributed by atoms with van der Waals surface area (Å²) in [6, 6.07) is 0.502. The molecule has 0 spiro atoms.